The van der Waals surface area contributed by atoms with Gasteiger partial charge >= 0.3 is 0 Å². The van der Waals surface area contributed by atoms with E-state index in [0.717, 1.165) is 16.8 Å². The summed E-state index contributed by atoms with van der Waals surface area (Å²) in [5.74, 6) is -0.253. The van der Waals surface area contributed by atoms with Crippen molar-refractivity contribution in [3.63, 3.8) is 0 Å². The number of halogens is 1. The maximum atomic E-state index is 12.8. The van der Waals surface area contributed by atoms with E-state index in [1.54, 1.807) is 42.9 Å². The summed E-state index contributed by atoms with van der Waals surface area (Å²) in [6, 6.07) is 16.0. The molecular formula is C24H21ClN4O2. The molecule has 0 radical (unpaired) electrons. The van der Waals surface area contributed by atoms with E-state index in [0.29, 0.717) is 21.5 Å². The van der Waals surface area contributed by atoms with E-state index >= 15 is 0 Å². The lowest BCUT2D eigenvalue weighted by Crippen LogP contribution is -2.34. The minimum Gasteiger partial charge on any atom is -0.505 e. The molecule has 4 rings (SSSR count). The van der Waals surface area contributed by atoms with Crippen molar-refractivity contribution in [2.24, 2.45) is 0 Å². The summed E-state index contributed by atoms with van der Waals surface area (Å²) in [6.07, 6.45) is 4.91. The third kappa shape index (κ3) is 4.59. The van der Waals surface area contributed by atoms with Crippen molar-refractivity contribution in [3.05, 3.63) is 94.9 Å². The van der Waals surface area contributed by atoms with Gasteiger partial charge < -0.3 is 15.7 Å². The molecule has 0 aliphatic heterocycles. The van der Waals surface area contributed by atoms with Gasteiger partial charge in [0, 0.05) is 29.5 Å². The number of hydrogen-bond donors (Lipinski definition) is 3. The number of phenols is 1. The molecule has 0 bridgehead atoms. The number of pyridine rings is 2. The smallest absolute Gasteiger partial charge is 0.240 e. The summed E-state index contributed by atoms with van der Waals surface area (Å²) in [7, 11) is 0. The number of aryl methyl sites for hydroxylation is 1. The van der Waals surface area contributed by atoms with Gasteiger partial charge in [0.1, 0.15) is 11.3 Å². The Hall–Kier alpha value is -3.64. The third-order valence-corrected chi connectivity index (χ3v) is 5.30. The molecule has 156 valence electrons. The van der Waals surface area contributed by atoms with Crippen LogP contribution in [0.25, 0.3) is 10.9 Å². The second-order valence-electron chi connectivity index (χ2n) is 7.20. The van der Waals surface area contributed by atoms with Crippen LogP contribution in [0.5, 0.6) is 5.75 Å². The topological polar surface area (TPSA) is 87.1 Å². The van der Waals surface area contributed by atoms with E-state index in [4.69, 9.17) is 11.6 Å². The van der Waals surface area contributed by atoms with Crippen LogP contribution in [0.3, 0.4) is 0 Å². The molecule has 6 nitrogen and oxygen atoms in total. The van der Waals surface area contributed by atoms with E-state index in [-0.39, 0.29) is 18.2 Å². The molecule has 2 heterocycles. The maximum absolute atomic E-state index is 12.8. The maximum Gasteiger partial charge on any atom is 0.240 e. The highest BCUT2D eigenvalue weighted by atomic mass is 35.5. The number of amides is 1. The largest absolute Gasteiger partial charge is 0.505 e. The predicted octanol–water partition coefficient (Wildman–Crippen LogP) is 4.61. The molecule has 4 aromatic rings. The van der Waals surface area contributed by atoms with Crippen molar-refractivity contribution in [1.82, 2.24) is 15.3 Å². The minimum absolute atomic E-state index is 0.00825. The number of hydrogen-bond acceptors (Lipinski definition) is 5. The average molecular weight is 433 g/mol. The monoisotopic (exact) mass is 432 g/mol. The number of carbonyl (C=O) groups is 1. The molecule has 1 amide bonds. The van der Waals surface area contributed by atoms with Crippen LogP contribution >= 0.6 is 11.6 Å². The standard InChI is InChI=1S/C24H21ClN4O2/c1-15-6-8-16(9-7-15)22(29-21(30)14-28-17-4-2-10-26-13-17)19-12-20(25)18-5-3-11-27-23(18)24(19)31/h2-13,22,28,31H,14H2,1H3,(H,29,30). The lowest BCUT2D eigenvalue weighted by atomic mass is 9.95. The normalized spacial score (nSPS) is 11.8. The van der Waals surface area contributed by atoms with Crippen molar-refractivity contribution in [3.8, 4) is 5.75 Å². The van der Waals surface area contributed by atoms with E-state index in [9.17, 15) is 9.90 Å². The Morgan fingerprint density at radius 2 is 1.90 bits per heavy atom. The Kier molecular flexibility index (Phi) is 6.00. The molecule has 31 heavy (non-hydrogen) atoms. The molecule has 3 N–H and O–H groups in total. The Morgan fingerprint density at radius 3 is 2.65 bits per heavy atom. The van der Waals surface area contributed by atoms with Crippen LogP contribution in [0.2, 0.25) is 5.02 Å². The first-order chi connectivity index (χ1) is 15.0. The van der Waals surface area contributed by atoms with Crippen LogP contribution in [0, 0.1) is 6.92 Å². The Labute approximate surface area is 184 Å². The van der Waals surface area contributed by atoms with E-state index < -0.39 is 6.04 Å². The lowest BCUT2D eigenvalue weighted by Gasteiger charge is -2.22. The summed E-state index contributed by atoms with van der Waals surface area (Å²) in [6.45, 7) is 2.04. The van der Waals surface area contributed by atoms with Crippen LogP contribution in [0.15, 0.2) is 73.2 Å². The van der Waals surface area contributed by atoms with Gasteiger partial charge in [-0.3, -0.25) is 14.8 Å². The highest BCUT2D eigenvalue weighted by Gasteiger charge is 2.23. The number of aromatic nitrogens is 2. The SMILES string of the molecule is Cc1ccc(C(NC(=O)CNc2cccnc2)c2cc(Cl)c3cccnc3c2O)cc1. The predicted molar refractivity (Wildman–Crippen MR) is 122 cm³/mol. The van der Waals surface area contributed by atoms with Crippen LogP contribution in [0.4, 0.5) is 5.69 Å². The summed E-state index contributed by atoms with van der Waals surface area (Å²) in [5.41, 5.74) is 3.53. The fourth-order valence-corrected chi connectivity index (χ4v) is 3.66. The first kappa shape index (κ1) is 20.6. The summed E-state index contributed by atoms with van der Waals surface area (Å²) in [5, 5.41) is 18.1. The van der Waals surface area contributed by atoms with Gasteiger partial charge in [-0.25, -0.2) is 0 Å². The number of fused-ring (bicyclic) bond motifs is 1. The summed E-state index contributed by atoms with van der Waals surface area (Å²) < 4.78 is 0. The number of rotatable bonds is 6. The molecule has 0 saturated carbocycles. The molecule has 0 fully saturated rings. The highest BCUT2D eigenvalue weighted by molar-refractivity contribution is 6.35. The quantitative estimate of drug-likeness (QED) is 0.414. The van der Waals surface area contributed by atoms with Gasteiger partial charge in [-0.15, -0.1) is 0 Å². The van der Waals surface area contributed by atoms with E-state index in [1.165, 1.54) is 0 Å². The lowest BCUT2D eigenvalue weighted by molar-refractivity contribution is -0.119. The zero-order chi connectivity index (χ0) is 21.8. The van der Waals surface area contributed by atoms with Gasteiger partial charge in [-0.2, -0.15) is 0 Å². The van der Waals surface area contributed by atoms with Crippen molar-refractivity contribution in [2.75, 3.05) is 11.9 Å². The molecule has 2 aromatic heterocycles. The van der Waals surface area contributed by atoms with Crippen molar-refractivity contribution in [1.29, 1.82) is 0 Å². The van der Waals surface area contributed by atoms with Crippen LogP contribution in [-0.2, 0) is 4.79 Å². The minimum atomic E-state index is -0.604. The number of benzene rings is 2. The second kappa shape index (κ2) is 9.02. The summed E-state index contributed by atoms with van der Waals surface area (Å²) >= 11 is 6.49. The highest BCUT2D eigenvalue weighted by Crippen LogP contribution is 2.38. The number of phenolic OH excluding ortho intramolecular Hbond substituents is 1. The van der Waals surface area contributed by atoms with Gasteiger partial charge in [0.25, 0.3) is 0 Å². The van der Waals surface area contributed by atoms with Gasteiger partial charge in [0.05, 0.1) is 23.3 Å². The first-order valence-corrected chi connectivity index (χ1v) is 10.2. The van der Waals surface area contributed by atoms with E-state index in [1.807, 2.05) is 37.3 Å². The number of aromatic hydroxyl groups is 1. The molecule has 0 spiro atoms. The fourth-order valence-electron chi connectivity index (χ4n) is 3.39. The van der Waals surface area contributed by atoms with Crippen LogP contribution < -0.4 is 10.6 Å². The first-order valence-electron chi connectivity index (χ1n) is 9.79. The van der Waals surface area contributed by atoms with Gasteiger partial charge in [-0.05, 0) is 42.8 Å². The molecular weight excluding hydrogens is 412 g/mol. The third-order valence-electron chi connectivity index (χ3n) is 4.99. The van der Waals surface area contributed by atoms with Crippen molar-refractivity contribution < 1.29 is 9.90 Å². The van der Waals surface area contributed by atoms with Gasteiger partial charge in [0.15, 0.2) is 0 Å². The molecule has 1 unspecified atom stereocenters. The molecule has 2 aromatic carbocycles. The van der Waals surface area contributed by atoms with Crippen LogP contribution in [-0.4, -0.2) is 27.5 Å². The second-order valence-corrected chi connectivity index (χ2v) is 7.61. The zero-order valence-corrected chi connectivity index (χ0v) is 17.6. The molecule has 0 saturated heterocycles. The zero-order valence-electron chi connectivity index (χ0n) is 16.8. The Balaban J connectivity index is 1.68. The molecule has 1 atom stereocenters. The van der Waals surface area contributed by atoms with Crippen molar-refractivity contribution in [2.45, 2.75) is 13.0 Å². The summed E-state index contributed by atoms with van der Waals surface area (Å²) in [4.78, 5) is 21.1. The molecule has 0 aliphatic rings. The van der Waals surface area contributed by atoms with Gasteiger partial charge in [-0.1, -0.05) is 41.4 Å². The average Bonchev–Trinajstić information content (AvgIpc) is 2.80. The molecule has 0 aliphatic carbocycles. The fraction of sp³-hybridized carbons (Fsp3) is 0.125. The van der Waals surface area contributed by atoms with Crippen LogP contribution in [0.1, 0.15) is 22.7 Å². The molecule has 7 heteroatoms. The Morgan fingerprint density at radius 1 is 1.13 bits per heavy atom. The van der Waals surface area contributed by atoms with Crippen molar-refractivity contribution >= 4 is 34.1 Å². The Bertz CT molecular complexity index is 1210. The van der Waals surface area contributed by atoms with Gasteiger partial charge in [0.2, 0.25) is 5.91 Å². The van der Waals surface area contributed by atoms with E-state index in [2.05, 4.69) is 20.6 Å². The number of carbonyl (C=O) groups excluding carboxylic acids is 1. The number of nitrogens with zero attached hydrogens (tertiary/aromatic N) is 2. The number of nitrogens with one attached hydrogen (secondary N) is 2. The number of anilines is 1.